The number of ether oxygens (including phenoxy) is 2. The molecule has 88 valence electrons. The molecule has 0 saturated heterocycles. The quantitative estimate of drug-likeness (QED) is 0.586. The topological polar surface area (TPSA) is 35.5 Å². The second-order valence-corrected chi connectivity index (χ2v) is 2.66. The number of hydrogen-bond donors (Lipinski definition) is 0. The van der Waals surface area contributed by atoms with Crippen molar-refractivity contribution in [3.8, 4) is 5.75 Å². The third-order valence-electron chi connectivity index (χ3n) is 1.59. The van der Waals surface area contributed by atoms with E-state index in [9.17, 15) is 22.4 Å². The predicted molar refractivity (Wildman–Crippen MR) is 44.4 cm³/mol. The van der Waals surface area contributed by atoms with Crippen molar-refractivity contribution in [3.05, 3.63) is 29.6 Å². The SMILES string of the molecule is COC(=O)c1cccc(F)c1OC(F)(F)F. The average Bonchev–Trinajstić information content (AvgIpc) is 2.18. The largest absolute Gasteiger partial charge is 0.573 e. The summed E-state index contributed by atoms with van der Waals surface area (Å²) in [7, 11) is 0.963. The van der Waals surface area contributed by atoms with Crippen molar-refractivity contribution >= 4 is 5.97 Å². The van der Waals surface area contributed by atoms with E-state index in [1.54, 1.807) is 0 Å². The Morgan fingerprint density at radius 3 is 2.44 bits per heavy atom. The van der Waals surface area contributed by atoms with Crippen LogP contribution < -0.4 is 4.74 Å². The van der Waals surface area contributed by atoms with E-state index in [4.69, 9.17) is 0 Å². The number of rotatable bonds is 2. The highest BCUT2D eigenvalue weighted by Gasteiger charge is 2.34. The lowest BCUT2D eigenvalue weighted by Gasteiger charge is -2.12. The van der Waals surface area contributed by atoms with Gasteiger partial charge in [-0.1, -0.05) is 6.07 Å². The Hall–Kier alpha value is -1.79. The Balaban J connectivity index is 3.19. The van der Waals surface area contributed by atoms with Crippen LogP contribution in [0.3, 0.4) is 0 Å². The first-order valence-electron chi connectivity index (χ1n) is 3.97. The van der Waals surface area contributed by atoms with Gasteiger partial charge in [0.2, 0.25) is 0 Å². The minimum atomic E-state index is -5.08. The maximum absolute atomic E-state index is 13.0. The minimum absolute atomic E-state index is 0.625. The summed E-state index contributed by atoms with van der Waals surface area (Å²) in [5.74, 6) is -3.60. The zero-order valence-electron chi connectivity index (χ0n) is 7.97. The van der Waals surface area contributed by atoms with Crippen LogP contribution in [0.1, 0.15) is 10.4 Å². The molecule has 0 bridgehead atoms. The number of hydrogen-bond acceptors (Lipinski definition) is 3. The van der Waals surface area contributed by atoms with Gasteiger partial charge in [-0.15, -0.1) is 13.2 Å². The van der Waals surface area contributed by atoms with Gasteiger partial charge in [-0.05, 0) is 12.1 Å². The van der Waals surface area contributed by atoms with Crippen molar-refractivity contribution in [2.45, 2.75) is 6.36 Å². The van der Waals surface area contributed by atoms with Crippen LogP contribution in [0.4, 0.5) is 17.6 Å². The second kappa shape index (κ2) is 4.38. The van der Waals surface area contributed by atoms with Crippen LogP contribution in [0, 0.1) is 5.82 Å². The number of carbonyl (C=O) groups is 1. The molecular formula is C9H6F4O3. The molecule has 1 rings (SSSR count). The fraction of sp³-hybridized carbons (Fsp3) is 0.222. The summed E-state index contributed by atoms with van der Waals surface area (Å²) in [6.07, 6.45) is -5.08. The summed E-state index contributed by atoms with van der Waals surface area (Å²) in [5.41, 5.74) is -0.625. The van der Waals surface area contributed by atoms with E-state index < -0.39 is 29.5 Å². The predicted octanol–water partition coefficient (Wildman–Crippen LogP) is 2.51. The number of para-hydroxylation sites is 1. The molecule has 1 aromatic rings. The normalized spacial score (nSPS) is 11.1. The molecule has 16 heavy (non-hydrogen) atoms. The average molecular weight is 238 g/mol. The van der Waals surface area contributed by atoms with E-state index in [1.165, 1.54) is 0 Å². The van der Waals surface area contributed by atoms with Gasteiger partial charge in [0, 0.05) is 0 Å². The smallest absolute Gasteiger partial charge is 0.465 e. The fourth-order valence-electron chi connectivity index (χ4n) is 0.999. The highest BCUT2D eigenvalue weighted by molar-refractivity contribution is 5.92. The fourth-order valence-corrected chi connectivity index (χ4v) is 0.999. The van der Waals surface area contributed by atoms with Crippen molar-refractivity contribution in [2.75, 3.05) is 7.11 Å². The molecule has 0 heterocycles. The first kappa shape index (κ1) is 12.3. The molecule has 3 nitrogen and oxygen atoms in total. The zero-order valence-corrected chi connectivity index (χ0v) is 7.97. The lowest BCUT2D eigenvalue weighted by Crippen LogP contribution is -2.20. The molecule has 0 saturated carbocycles. The van der Waals surface area contributed by atoms with E-state index in [0.29, 0.717) is 0 Å². The third kappa shape index (κ3) is 2.85. The molecule has 0 aliphatic carbocycles. The number of esters is 1. The van der Waals surface area contributed by atoms with Crippen LogP contribution in [0.2, 0.25) is 0 Å². The molecule has 0 spiro atoms. The number of halogens is 4. The van der Waals surface area contributed by atoms with Crippen molar-refractivity contribution < 1.29 is 31.8 Å². The van der Waals surface area contributed by atoms with E-state index >= 15 is 0 Å². The zero-order chi connectivity index (χ0) is 12.3. The Bertz CT molecular complexity index is 400. The van der Waals surface area contributed by atoms with Crippen molar-refractivity contribution in [1.29, 1.82) is 0 Å². The number of benzene rings is 1. The van der Waals surface area contributed by atoms with Gasteiger partial charge >= 0.3 is 12.3 Å². The molecule has 0 fully saturated rings. The van der Waals surface area contributed by atoms with E-state index in [1.807, 2.05) is 0 Å². The lowest BCUT2D eigenvalue weighted by molar-refractivity contribution is -0.275. The summed E-state index contributed by atoms with van der Waals surface area (Å²) in [6.45, 7) is 0. The van der Waals surface area contributed by atoms with Gasteiger partial charge < -0.3 is 9.47 Å². The number of carbonyl (C=O) groups excluding carboxylic acids is 1. The van der Waals surface area contributed by atoms with E-state index in [2.05, 4.69) is 9.47 Å². The maximum Gasteiger partial charge on any atom is 0.573 e. The molecule has 7 heteroatoms. The van der Waals surface area contributed by atoms with Gasteiger partial charge in [0.15, 0.2) is 11.6 Å². The van der Waals surface area contributed by atoms with Crippen molar-refractivity contribution in [1.82, 2.24) is 0 Å². The molecule has 0 aliphatic heterocycles. The third-order valence-corrected chi connectivity index (χ3v) is 1.59. The Labute approximate surface area is 87.6 Å². The molecule has 0 aromatic heterocycles. The lowest BCUT2D eigenvalue weighted by atomic mass is 10.2. The molecule has 0 radical (unpaired) electrons. The maximum atomic E-state index is 13.0. The second-order valence-electron chi connectivity index (χ2n) is 2.66. The number of alkyl halides is 3. The van der Waals surface area contributed by atoms with Crippen LogP contribution in [-0.2, 0) is 4.74 Å². The van der Waals surface area contributed by atoms with Gasteiger partial charge in [0.1, 0.15) is 5.56 Å². The Kier molecular flexibility index (Phi) is 3.36. The summed E-state index contributed by atoms with van der Waals surface area (Å²) < 4.78 is 56.4. The van der Waals surface area contributed by atoms with Crippen molar-refractivity contribution in [2.24, 2.45) is 0 Å². The summed E-state index contributed by atoms with van der Waals surface area (Å²) in [4.78, 5) is 11.0. The van der Waals surface area contributed by atoms with Crippen LogP contribution in [0.25, 0.3) is 0 Å². The molecular weight excluding hydrogens is 232 g/mol. The van der Waals surface area contributed by atoms with Gasteiger partial charge in [-0.3, -0.25) is 0 Å². The van der Waals surface area contributed by atoms with Crippen LogP contribution in [0.15, 0.2) is 18.2 Å². The highest BCUT2D eigenvalue weighted by Crippen LogP contribution is 2.29. The van der Waals surface area contributed by atoms with Crippen LogP contribution in [0.5, 0.6) is 5.75 Å². The summed E-state index contributed by atoms with van der Waals surface area (Å²) >= 11 is 0. The molecule has 0 N–H and O–H groups in total. The summed E-state index contributed by atoms with van der Waals surface area (Å²) in [6, 6.07) is 2.79. The standard InChI is InChI=1S/C9H6F4O3/c1-15-8(14)5-3-2-4-6(10)7(5)16-9(11,12)13/h2-4H,1H3. The summed E-state index contributed by atoms with van der Waals surface area (Å²) in [5, 5.41) is 0. The molecule has 0 unspecified atom stereocenters. The highest BCUT2D eigenvalue weighted by atomic mass is 19.4. The molecule has 0 atom stereocenters. The van der Waals surface area contributed by atoms with Crippen LogP contribution in [-0.4, -0.2) is 19.4 Å². The molecule has 0 aliphatic rings. The van der Waals surface area contributed by atoms with Gasteiger partial charge in [-0.2, -0.15) is 0 Å². The van der Waals surface area contributed by atoms with Gasteiger partial charge in [0.25, 0.3) is 0 Å². The first-order chi connectivity index (χ1) is 7.35. The number of methoxy groups -OCH3 is 1. The first-order valence-corrected chi connectivity index (χ1v) is 3.97. The minimum Gasteiger partial charge on any atom is -0.465 e. The van der Waals surface area contributed by atoms with Crippen LogP contribution >= 0.6 is 0 Å². The molecule has 1 aromatic carbocycles. The van der Waals surface area contributed by atoms with Gasteiger partial charge in [0.05, 0.1) is 7.11 Å². The molecule has 0 amide bonds. The van der Waals surface area contributed by atoms with E-state index in [-0.39, 0.29) is 0 Å². The Morgan fingerprint density at radius 1 is 1.31 bits per heavy atom. The monoisotopic (exact) mass is 238 g/mol. The van der Waals surface area contributed by atoms with Gasteiger partial charge in [-0.25, -0.2) is 9.18 Å². The Morgan fingerprint density at radius 2 is 1.94 bits per heavy atom. The van der Waals surface area contributed by atoms with E-state index in [0.717, 1.165) is 25.3 Å². The van der Waals surface area contributed by atoms with Crippen molar-refractivity contribution in [3.63, 3.8) is 0 Å².